The number of carbonyl (C=O) groups excluding carboxylic acids is 1. The molecular formula is C24H34O6. The summed E-state index contributed by atoms with van der Waals surface area (Å²) >= 11 is 0. The average molecular weight is 419 g/mol. The maximum Gasteiger partial charge on any atom is 0.306 e. The third-order valence-corrected chi connectivity index (χ3v) is 7.85. The van der Waals surface area contributed by atoms with Gasteiger partial charge < -0.3 is 19.4 Å². The van der Waals surface area contributed by atoms with E-state index >= 15 is 0 Å². The fraction of sp³-hybridized carbons (Fsp3) is 0.667. The molecule has 1 aromatic rings. The number of fused-ring (bicyclic) bond motifs is 1. The summed E-state index contributed by atoms with van der Waals surface area (Å²) in [5.41, 5.74) is 2.09. The third-order valence-electron chi connectivity index (χ3n) is 7.85. The number of hydrogen-bond donors (Lipinski definition) is 2. The Kier molecular flexibility index (Phi) is 6.75. The van der Waals surface area contributed by atoms with Crippen LogP contribution in [0.5, 0.6) is 0 Å². The van der Waals surface area contributed by atoms with E-state index in [9.17, 15) is 14.7 Å². The molecule has 1 fully saturated rings. The smallest absolute Gasteiger partial charge is 0.306 e. The van der Waals surface area contributed by atoms with E-state index in [-0.39, 0.29) is 36.2 Å². The number of esters is 1. The zero-order valence-electron chi connectivity index (χ0n) is 18.2. The summed E-state index contributed by atoms with van der Waals surface area (Å²) in [6.45, 7) is 6.58. The number of ether oxygens (including phenoxy) is 1. The lowest BCUT2D eigenvalue weighted by Gasteiger charge is -2.60. The van der Waals surface area contributed by atoms with Gasteiger partial charge in [0.05, 0.1) is 25.4 Å². The molecule has 1 saturated carbocycles. The third kappa shape index (κ3) is 4.34. The second-order valence-electron chi connectivity index (χ2n) is 9.49. The van der Waals surface area contributed by atoms with Crippen LogP contribution in [0.15, 0.2) is 34.7 Å². The van der Waals surface area contributed by atoms with Gasteiger partial charge in [-0.05, 0) is 67.4 Å². The molecule has 6 heteroatoms. The molecule has 0 bridgehead atoms. The number of carbonyl (C=O) groups is 2. The molecule has 0 aliphatic heterocycles. The first-order chi connectivity index (χ1) is 14.2. The molecule has 30 heavy (non-hydrogen) atoms. The molecule has 0 saturated heterocycles. The van der Waals surface area contributed by atoms with E-state index in [0.717, 1.165) is 31.2 Å². The quantitative estimate of drug-likeness (QED) is 0.481. The van der Waals surface area contributed by atoms with E-state index in [1.54, 1.807) is 12.5 Å². The molecule has 5 atom stereocenters. The first-order valence-corrected chi connectivity index (χ1v) is 10.9. The molecule has 2 N–H and O–H groups in total. The lowest BCUT2D eigenvalue weighted by molar-refractivity contribution is -0.180. The summed E-state index contributed by atoms with van der Waals surface area (Å²) in [6, 6.07) is 1.97. The van der Waals surface area contributed by atoms with Crippen LogP contribution in [0.4, 0.5) is 0 Å². The number of hydrogen-bond acceptors (Lipinski definition) is 5. The summed E-state index contributed by atoms with van der Waals surface area (Å²) in [6.07, 6.45) is 9.31. The Morgan fingerprint density at radius 1 is 1.30 bits per heavy atom. The summed E-state index contributed by atoms with van der Waals surface area (Å²) in [5, 5.41) is 19.3. The minimum Gasteiger partial charge on any atom is -0.481 e. The molecule has 1 heterocycles. The van der Waals surface area contributed by atoms with Crippen LogP contribution in [0.3, 0.4) is 0 Å². The van der Waals surface area contributed by atoms with Crippen molar-refractivity contribution in [3.63, 3.8) is 0 Å². The minimum absolute atomic E-state index is 0.0614. The fourth-order valence-corrected chi connectivity index (χ4v) is 5.99. The maximum atomic E-state index is 12.4. The van der Waals surface area contributed by atoms with Crippen molar-refractivity contribution in [3.8, 4) is 0 Å². The van der Waals surface area contributed by atoms with Gasteiger partial charge in [-0.25, -0.2) is 0 Å². The monoisotopic (exact) mass is 418 g/mol. The Labute approximate surface area is 178 Å². The van der Waals surface area contributed by atoms with Gasteiger partial charge in [0.2, 0.25) is 0 Å². The van der Waals surface area contributed by atoms with E-state index in [1.807, 2.05) is 6.07 Å². The van der Waals surface area contributed by atoms with Gasteiger partial charge >= 0.3 is 11.9 Å². The van der Waals surface area contributed by atoms with E-state index < -0.39 is 18.0 Å². The van der Waals surface area contributed by atoms with Crippen LogP contribution in [-0.4, -0.2) is 34.9 Å². The van der Waals surface area contributed by atoms with Gasteiger partial charge in [0, 0.05) is 12.5 Å². The Morgan fingerprint density at radius 2 is 2.07 bits per heavy atom. The minimum atomic E-state index is -1.02. The zero-order valence-corrected chi connectivity index (χ0v) is 18.2. The van der Waals surface area contributed by atoms with E-state index in [4.69, 9.17) is 14.3 Å². The van der Waals surface area contributed by atoms with E-state index in [2.05, 4.69) is 26.8 Å². The topological polar surface area (TPSA) is 97.0 Å². The highest BCUT2D eigenvalue weighted by Gasteiger charge is 2.58. The number of aliphatic hydroxyl groups excluding tert-OH is 1. The number of carboxylic acids is 1. The van der Waals surface area contributed by atoms with Gasteiger partial charge in [0.25, 0.3) is 0 Å². The first-order valence-electron chi connectivity index (χ1n) is 10.9. The number of furan rings is 1. The van der Waals surface area contributed by atoms with Crippen LogP contribution in [0.25, 0.3) is 0 Å². The Bertz CT molecular complexity index is 782. The van der Waals surface area contributed by atoms with Crippen molar-refractivity contribution in [1.82, 2.24) is 0 Å². The molecule has 6 nitrogen and oxygen atoms in total. The molecule has 0 amide bonds. The zero-order chi connectivity index (χ0) is 21.9. The van der Waals surface area contributed by atoms with E-state index in [1.165, 1.54) is 5.57 Å². The van der Waals surface area contributed by atoms with Crippen molar-refractivity contribution < 1.29 is 29.0 Å². The Hall–Kier alpha value is -2.08. The summed E-state index contributed by atoms with van der Waals surface area (Å²) in [7, 11) is 0. The molecule has 2 aliphatic rings. The van der Waals surface area contributed by atoms with Crippen LogP contribution in [0.2, 0.25) is 0 Å². The highest BCUT2D eigenvalue weighted by Crippen LogP contribution is 2.62. The lowest BCUT2D eigenvalue weighted by Crippen LogP contribution is -2.58. The molecule has 0 aromatic carbocycles. The van der Waals surface area contributed by atoms with Crippen molar-refractivity contribution >= 4 is 11.9 Å². The predicted molar refractivity (Wildman–Crippen MR) is 112 cm³/mol. The summed E-state index contributed by atoms with van der Waals surface area (Å²) < 4.78 is 11.1. The molecule has 3 rings (SSSR count). The number of allylic oxidation sites excluding steroid dienone is 2. The highest BCUT2D eigenvalue weighted by molar-refractivity contribution is 5.76. The van der Waals surface area contributed by atoms with Gasteiger partial charge in [-0.1, -0.05) is 25.5 Å². The number of carboxylic acid groups (broad SMARTS) is 1. The summed E-state index contributed by atoms with van der Waals surface area (Å²) in [4.78, 5) is 23.2. The maximum absolute atomic E-state index is 12.4. The molecule has 166 valence electrons. The molecule has 0 spiro atoms. The number of aliphatic hydroxyl groups is 1. The van der Waals surface area contributed by atoms with Crippen molar-refractivity contribution in [3.05, 3.63) is 35.8 Å². The van der Waals surface area contributed by atoms with Crippen molar-refractivity contribution in [2.24, 2.45) is 22.7 Å². The van der Waals surface area contributed by atoms with Crippen molar-refractivity contribution in [1.29, 1.82) is 0 Å². The van der Waals surface area contributed by atoms with Crippen molar-refractivity contribution in [2.75, 3.05) is 6.61 Å². The molecule has 1 aromatic heterocycles. The molecule has 2 aliphatic carbocycles. The summed E-state index contributed by atoms with van der Waals surface area (Å²) in [5.74, 6) is -1.34. The lowest BCUT2D eigenvalue weighted by atomic mass is 9.46. The molecular weight excluding hydrogens is 384 g/mol. The van der Waals surface area contributed by atoms with Crippen LogP contribution in [-0.2, 0) is 20.7 Å². The van der Waals surface area contributed by atoms with Gasteiger partial charge in [0.15, 0.2) is 0 Å². The Balaban J connectivity index is 1.89. The van der Waals surface area contributed by atoms with E-state index in [0.29, 0.717) is 12.3 Å². The molecule has 0 radical (unpaired) electrons. The number of aliphatic carboxylic acids is 1. The highest BCUT2D eigenvalue weighted by atomic mass is 16.5. The van der Waals surface area contributed by atoms with Gasteiger partial charge in [0.1, 0.15) is 6.10 Å². The van der Waals surface area contributed by atoms with Gasteiger partial charge in [-0.15, -0.1) is 0 Å². The second-order valence-corrected chi connectivity index (χ2v) is 9.49. The van der Waals surface area contributed by atoms with Gasteiger partial charge in [-0.2, -0.15) is 0 Å². The van der Waals surface area contributed by atoms with Crippen LogP contribution >= 0.6 is 0 Å². The van der Waals surface area contributed by atoms with Gasteiger partial charge in [-0.3, -0.25) is 9.59 Å². The second kappa shape index (κ2) is 8.96. The van der Waals surface area contributed by atoms with Crippen LogP contribution < -0.4 is 0 Å². The standard InChI is InChI=1S/C24H34O6/c1-16-5-4-6-20-23(2,11-9-17-10-12-29-15-17)18(14-25)19(13-24(16,20)3)30-22(28)8-7-21(26)27/h5,10,12,15,18-20,25H,4,6-9,11,13-14H2,1-3H3,(H,26,27). The number of aryl methyl sites for hydroxylation is 1. The van der Waals surface area contributed by atoms with Crippen LogP contribution in [0.1, 0.15) is 64.9 Å². The average Bonchev–Trinajstić information content (AvgIpc) is 3.20. The first kappa shape index (κ1) is 22.6. The molecule has 5 unspecified atom stereocenters. The fourth-order valence-electron chi connectivity index (χ4n) is 5.99. The Morgan fingerprint density at radius 3 is 2.70 bits per heavy atom. The van der Waals surface area contributed by atoms with Crippen LogP contribution in [0, 0.1) is 22.7 Å². The largest absolute Gasteiger partial charge is 0.481 e. The normalized spacial score (nSPS) is 33.5. The SMILES string of the molecule is CC1=CCCC2C1(C)CC(OC(=O)CCC(=O)O)C(CO)C2(C)CCc1ccoc1. The van der Waals surface area contributed by atoms with Crippen molar-refractivity contribution in [2.45, 2.75) is 71.8 Å². The number of rotatable bonds is 8. The predicted octanol–water partition coefficient (Wildman–Crippen LogP) is 4.37.